The van der Waals surface area contributed by atoms with E-state index in [0.29, 0.717) is 5.92 Å². The highest BCUT2D eigenvalue weighted by Crippen LogP contribution is 2.27. The average Bonchev–Trinajstić information content (AvgIpc) is 2.04. The molecule has 0 spiro atoms. The van der Waals surface area contributed by atoms with Crippen LogP contribution in [0.3, 0.4) is 0 Å². The topological polar surface area (TPSA) is 34.9 Å². The van der Waals surface area contributed by atoms with E-state index in [4.69, 9.17) is 11.6 Å². The van der Waals surface area contributed by atoms with Crippen molar-refractivity contribution in [1.82, 2.24) is 9.55 Å². The highest BCUT2D eigenvalue weighted by molar-refractivity contribution is 6.29. The molecule has 3 nitrogen and oxygen atoms in total. The molecular formula is C9H11ClN2O. The second kappa shape index (κ2) is 3.50. The Morgan fingerprint density at radius 2 is 2.38 bits per heavy atom. The molecule has 0 bridgehead atoms. The van der Waals surface area contributed by atoms with E-state index >= 15 is 0 Å². The van der Waals surface area contributed by atoms with Crippen molar-refractivity contribution in [1.29, 1.82) is 0 Å². The van der Waals surface area contributed by atoms with Crippen LogP contribution < -0.4 is 5.56 Å². The van der Waals surface area contributed by atoms with Gasteiger partial charge in [-0.3, -0.25) is 4.79 Å². The number of hydrogen-bond acceptors (Lipinski definition) is 2. The highest BCUT2D eigenvalue weighted by Gasteiger charge is 2.18. The first-order chi connectivity index (χ1) is 6.27. The molecule has 0 aliphatic heterocycles. The van der Waals surface area contributed by atoms with Crippen molar-refractivity contribution in [2.24, 2.45) is 5.92 Å². The molecule has 0 amide bonds. The molecule has 0 aromatic carbocycles. The molecular weight excluding hydrogens is 188 g/mol. The van der Waals surface area contributed by atoms with Crippen LogP contribution in [0.15, 0.2) is 17.2 Å². The highest BCUT2D eigenvalue weighted by atomic mass is 35.5. The standard InChI is InChI=1S/C9H11ClN2O/c10-8-9(13)12(5-4-11-8)6-7-2-1-3-7/h4-5,7H,1-3,6H2. The summed E-state index contributed by atoms with van der Waals surface area (Å²) < 4.78 is 1.65. The molecule has 1 aromatic heterocycles. The van der Waals surface area contributed by atoms with Gasteiger partial charge in [0.2, 0.25) is 0 Å². The first kappa shape index (κ1) is 8.75. The lowest BCUT2D eigenvalue weighted by Crippen LogP contribution is -2.27. The fourth-order valence-corrected chi connectivity index (χ4v) is 1.68. The molecule has 1 heterocycles. The van der Waals surface area contributed by atoms with E-state index in [-0.39, 0.29) is 10.7 Å². The molecule has 1 fully saturated rings. The number of rotatable bonds is 2. The first-order valence-electron chi connectivity index (χ1n) is 4.48. The fourth-order valence-electron chi connectivity index (χ4n) is 1.52. The van der Waals surface area contributed by atoms with Gasteiger partial charge in [-0.2, -0.15) is 0 Å². The maximum absolute atomic E-state index is 11.4. The Bertz CT molecular complexity index is 357. The Balaban J connectivity index is 2.19. The third-order valence-corrected chi connectivity index (χ3v) is 2.81. The van der Waals surface area contributed by atoms with Crippen molar-refractivity contribution in [3.8, 4) is 0 Å². The van der Waals surface area contributed by atoms with Gasteiger partial charge < -0.3 is 4.57 Å². The lowest BCUT2D eigenvalue weighted by molar-refractivity contribution is 0.273. The van der Waals surface area contributed by atoms with Crippen LogP contribution in [0.4, 0.5) is 0 Å². The molecule has 70 valence electrons. The van der Waals surface area contributed by atoms with Gasteiger partial charge in [0.1, 0.15) is 0 Å². The minimum absolute atomic E-state index is 0.0711. The molecule has 4 heteroatoms. The summed E-state index contributed by atoms with van der Waals surface area (Å²) in [6, 6.07) is 0. The van der Waals surface area contributed by atoms with Gasteiger partial charge in [-0.1, -0.05) is 18.0 Å². The molecule has 0 radical (unpaired) electrons. The summed E-state index contributed by atoms with van der Waals surface area (Å²) in [4.78, 5) is 15.1. The molecule has 0 unspecified atom stereocenters. The summed E-state index contributed by atoms with van der Waals surface area (Å²) in [6.07, 6.45) is 7.02. The van der Waals surface area contributed by atoms with Gasteiger partial charge in [0.15, 0.2) is 5.15 Å². The van der Waals surface area contributed by atoms with Crippen LogP contribution in [0.1, 0.15) is 19.3 Å². The lowest BCUT2D eigenvalue weighted by Gasteiger charge is -2.25. The van der Waals surface area contributed by atoms with Gasteiger partial charge in [-0.25, -0.2) is 4.98 Å². The average molecular weight is 199 g/mol. The molecule has 1 aromatic rings. The maximum Gasteiger partial charge on any atom is 0.288 e. The summed E-state index contributed by atoms with van der Waals surface area (Å²) in [6.45, 7) is 0.793. The molecule has 2 rings (SSSR count). The monoisotopic (exact) mass is 198 g/mol. The van der Waals surface area contributed by atoms with Crippen LogP contribution in [0.2, 0.25) is 5.15 Å². The summed E-state index contributed by atoms with van der Waals surface area (Å²) in [5, 5.41) is 0.0711. The van der Waals surface area contributed by atoms with Crippen LogP contribution in [0.5, 0.6) is 0 Å². The third-order valence-electron chi connectivity index (χ3n) is 2.55. The van der Waals surface area contributed by atoms with Gasteiger partial charge >= 0.3 is 0 Å². The van der Waals surface area contributed by atoms with Crippen molar-refractivity contribution in [2.75, 3.05) is 0 Å². The molecule has 13 heavy (non-hydrogen) atoms. The largest absolute Gasteiger partial charge is 0.311 e. The number of aromatic nitrogens is 2. The van der Waals surface area contributed by atoms with E-state index in [2.05, 4.69) is 4.98 Å². The molecule has 0 saturated heterocycles. The predicted molar refractivity (Wildman–Crippen MR) is 50.8 cm³/mol. The van der Waals surface area contributed by atoms with Gasteiger partial charge in [0.05, 0.1) is 0 Å². The summed E-state index contributed by atoms with van der Waals surface area (Å²) >= 11 is 5.61. The quantitative estimate of drug-likeness (QED) is 0.725. The zero-order valence-electron chi connectivity index (χ0n) is 7.24. The van der Waals surface area contributed by atoms with Crippen molar-refractivity contribution in [3.05, 3.63) is 27.9 Å². The Morgan fingerprint density at radius 3 is 3.00 bits per heavy atom. The zero-order chi connectivity index (χ0) is 9.26. The van der Waals surface area contributed by atoms with Crippen LogP contribution in [0.25, 0.3) is 0 Å². The number of nitrogens with zero attached hydrogens (tertiary/aromatic N) is 2. The summed E-state index contributed by atoms with van der Waals surface area (Å²) in [5.41, 5.74) is -0.170. The molecule has 1 saturated carbocycles. The van der Waals surface area contributed by atoms with E-state index in [0.717, 1.165) is 6.54 Å². The van der Waals surface area contributed by atoms with Gasteiger partial charge in [-0.05, 0) is 18.8 Å². The van der Waals surface area contributed by atoms with Gasteiger partial charge in [0, 0.05) is 18.9 Å². The second-order valence-corrected chi connectivity index (χ2v) is 3.83. The van der Waals surface area contributed by atoms with E-state index in [9.17, 15) is 4.79 Å². The Morgan fingerprint density at radius 1 is 1.62 bits per heavy atom. The SMILES string of the molecule is O=c1c(Cl)nccn1CC1CCC1. The van der Waals surface area contributed by atoms with E-state index in [1.807, 2.05) is 0 Å². The smallest absolute Gasteiger partial charge is 0.288 e. The van der Waals surface area contributed by atoms with Crippen molar-refractivity contribution < 1.29 is 0 Å². The minimum Gasteiger partial charge on any atom is -0.311 e. The van der Waals surface area contributed by atoms with Crippen molar-refractivity contribution >= 4 is 11.6 Å². The van der Waals surface area contributed by atoms with Crippen LogP contribution in [-0.4, -0.2) is 9.55 Å². The van der Waals surface area contributed by atoms with E-state index < -0.39 is 0 Å². The molecule has 1 aliphatic carbocycles. The van der Waals surface area contributed by atoms with E-state index in [1.165, 1.54) is 19.3 Å². The zero-order valence-corrected chi connectivity index (χ0v) is 8.00. The van der Waals surface area contributed by atoms with Crippen LogP contribution in [0, 0.1) is 5.92 Å². The van der Waals surface area contributed by atoms with Crippen LogP contribution >= 0.6 is 11.6 Å². The van der Waals surface area contributed by atoms with Crippen LogP contribution in [-0.2, 0) is 6.54 Å². The predicted octanol–water partition coefficient (Wildman–Crippen LogP) is 1.70. The lowest BCUT2D eigenvalue weighted by atomic mass is 9.85. The number of hydrogen-bond donors (Lipinski definition) is 0. The third kappa shape index (κ3) is 1.75. The maximum atomic E-state index is 11.4. The second-order valence-electron chi connectivity index (χ2n) is 3.47. The van der Waals surface area contributed by atoms with Crippen molar-refractivity contribution in [2.45, 2.75) is 25.8 Å². The Hall–Kier alpha value is -0.830. The normalized spacial score (nSPS) is 17.0. The number of halogens is 1. The van der Waals surface area contributed by atoms with Gasteiger partial charge in [0.25, 0.3) is 5.56 Å². The first-order valence-corrected chi connectivity index (χ1v) is 4.86. The summed E-state index contributed by atoms with van der Waals surface area (Å²) in [7, 11) is 0. The van der Waals surface area contributed by atoms with Gasteiger partial charge in [-0.15, -0.1) is 0 Å². The minimum atomic E-state index is -0.170. The Kier molecular flexibility index (Phi) is 2.36. The molecule has 0 N–H and O–H groups in total. The fraction of sp³-hybridized carbons (Fsp3) is 0.556. The van der Waals surface area contributed by atoms with E-state index in [1.54, 1.807) is 17.0 Å². The molecule has 0 atom stereocenters. The van der Waals surface area contributed by atoms with Crippen molar-refractivity contribution in [3.63, 3.8) is 0 Å². The summed E-state index contributed by atoms with van der Waals surface area (Å²) in [5.74, 6) is 0.663. The molecule has 1 aliphatic rings. The Labute approximate surface area is 81.4 Å².